The zero-order valence-corrected chi connectivity index (χ0v) is 12.4. The van der Waals surface area contributed by atoms with Crippen LogP contribution in [0.15, 0.2) is 6.20 Å². The zero-order chi connectivity index (χ0) is 12.2. The summed E-state index contributed by atoms with van der Waals surface area (Å²) in [5.41, 5.74) is 5.53. The number of anilines is 1. The van der Waals surface area contributed by atoms with E-state index in [1.807, 2.05) is 6.92 Å². The Hall–Kier alpha value is -0.370. The first-order chi connectivity index (χ1) is 7.40. The van der Waals surface area contributed by atoms with E-state index in [9.17, 15) is 8.42 Å². The maximum Gasteiger partial charge on any atom is 0.180 e. The van der Waals surface area contributed by atoms with Crippen molar-refractivity contribution in [1.29, 1.82) is 0 Å². The molecule has 100 valence electrons. The Morgan fingerprint density at radius 2 is 2.18 bits per heavy atom. The molecule has 0 saturated carbocycles. The zero-order valence-electron chi connectivity index (χ0n) is 9.92. The van der Waals surface area contributed by atoms with E-state index in [0.29, 0.717) is 18.2 Å². The molecule has 1 aromatic rings. The summed E-state index contributed by atoms with van der Waals surface area (Å²) in [6, 6.07) is 0. The minimum atomic E-state index is -2.89. The van der Waals surface area contributed by atoms with E-state index in [1.165, 1.54) is 17.6 Å². The molecule has 1 rings (SSSR count). The lowest BCUT2D eigenvalue weighted by Crippen LogP contribution is -2.28. The van der Waals surface area contributed by atoms with Gasteiger partial charge in [-0.25, -0.2) is 13.4 Å². The number of rotatable bonds is 6. The van der Waals surface area contributed by atoms with E-state index in [2.05, 4.69) is 9.88 Å². The van der Waals surface area contributed by atoms with Crippen molar-refractivity contribution < 1.29 is 8.42 Å². The van der Waals surface area contributed by atoms with Crippen LogP contribution in [0.25, 0.3) is 0 Å². The molecule has 0 bridgehead atoms. The van der Waals surface area contributed by atoms with Gasteiger partial charge in [0.2, 0.25) is 0 Å². The lowest BCUT2D eigenvalue weighted by atomic mass is 10.4. The number of nitrogen functional groups attached to an aromatic ring is 1. The molecule has 17 heavy (non-hydrogen) atoms. The lowest BCUT2D eigenvalue weighted by Gasteiger charge is -2.18. The highest BCUT2D eigenvalue weighted by Crippen LogP contribution is 2.16. The molecule has 1 aromatic heterocycles. The van der Waals surface area contributed by atoms with Crippen LogP contribution in [0, 0.1) is 0 Å². The molecule has 0 amide bonds. The second-order valence-corrected chi connectivity index (χ2v) is 7.07. The summed E-state index contributed by atoms with van der Waals surface area (Å²) in [5.74, 6) is 0.190. The highest BCUT2D eigenvalue weighted by atomic mass is 35.5. The van der Waals surface area contributed by atoms with Crippen LogP contribution in [-0.2, 0) is 16.4 Å². The molecule has 0 unspecified atom stereocenters. The minimum Gasteiger partial charge on any atom is -0.375 e. The maximum atomic E-state index is 11.1. The second-order valence-electron chi connectivity index (χ2n) is 3.66. The predicted octanol–water partition coefficient (Wildman–Crippen LogP) is 1.01. The average Bonchev–Trinajstić information content (AvgIpc) is 2.57. The van der Waals surface area contributed by atoms with Crippen molar-refractivity contribution >= 4 is 38.7 Å². The minimum absolute atomic E-state index is 0. The van der Waals surface area contributed by atoms with Gasteiger partial charge in [0, 0.05) is 30.4 Å². The number of nitrogens with two attached hydrogens (primary N) is 1. The Kier molecular flexibility index (Phi) is 6.99. The highest BCUT2D eigenvalue weighted by Gasteiger charge is 2.09. The molecule has 0 spiro atoms. The first-order valence-corrected chi connectivity index (χ1v) is 7.88. The molecular formula is C9H18ClN3O2S2. The Labute approximate surface area is 112 Å². The quantitative estimate of drug-likeness (QED) is 0.848. The van der Waals surface area contributed by atoms with Gasteiger partial charge in [-0.15, -0.1) is 23.7 Å². The van der Waals surface area contributed by atoms with Gasteiger partial charge in [0.15, 0.2) is 5.13 Å². The van der Waals surface area contributed by atoms with Crippen molar-refractivity contribution in [3.63, 3.8) is 0 Å². The second kappa shape index (κ2) is 7.15. The van der Waals surface area contributed by atoms with E-state index < -0.39 is 9.84 Å². The molecule has 0 aliphatic carbocycles. The maximum absolute atomic E-state index is 11.1. The summed E-state index contributed by atoms with van der Waals surface area (Å²) in [5, 5.41) is 0.550. The molecule has 0 saturated heterocycles. The van der Waals surface area contributed by atoms with Gasteiger partial charge in [-0.3, -0.25) is 4.90 Å². The van der Waals surface area contributed by atoms with Gasteiger partial charge in [0.1, 0.15) is 9.84 Å². The van der Waals surface area contributed by atoms with Crippen molar-refractivity contribution in [1.82, 2.24) is 9.88 Å². The summed E-state index contributed by atoms with van der Waals surface area (Å²) in [6.07, 6.45) is 2.99. The fourth-order valence-corrected chi connectivity index (χ4v) is 2.58. The standard InChI is InChI=1S/C9H17N3O2S2.ClH/c1-3-12(4-5-16(2,13)14)7-8-6-11-9(10)15-8;/h6H,3-5,7H2,1-2H3,(H2,10,11);1H. The number of hydrogen-bond acceptors (Lipinski definition) is 6. The van der Waals surface area contributed by atoms with Gasteiger partial charge in [0.25, 0.3) is 0 Å². The Morgan fingerprint density at radius 1 is 1.53 bits per heavy atom. The summed E-state index contributed by atoms with van der Waals surface area (Å²) in [6.45, 7) is 4.08. The molecule has 0 aromatic carbocycles. The average molecular weight is 300 g/mol. The molecular weight excluding hydrogens is 282 g/mol. The van der Waals surface area contributed by atoms with Crippen LogP contribution >= 0.6 is 23.7 Å². The van der Waals surface area contributed by atoms with Crippen molar-refractivity contribution in [2.24, 2.45) is 0 Å². The monoisotopic (exact) mass is 299 g/mol. The van der Waals surface area contributed by atoms with Crippen LogP contribution in [-0.4, -0.2) is 43.4 Å². The Bertz CT molecular complexity index is 433. The summed E-state index contributed by atoms with van der Waals surface area (Å²) < 4.78 is 22.1. The van der Waals surface area contributed by atoms with Gasteiger partial charge in [-0.1, -0.05) is 6.92 Å². The van der Waals surface area contributed by atoms with Gasteiger partial charge in [-0.05, 0) is 6.54 Å². The van der Waals surface area contributed by atoms with Crippen LogP contribution in [0.4, 0.5) is 5.13 Å². The molecule has 0 aliphatic rings. The fraction of sp³-hybridized carbons (Fsp3) is 0.667. The fourth-order valence-electron chi connectivity index (χ4n) is 1.26. The van der Waals surface area contributed by atoms with Gasteiger partial charge in [-0.2, -0.15) is 0 Å². The molecule has 2 N–H and O–H groups in total. The van der Waals surface area contributed by atoms with Crippen molar-refractivity contribution in [3.8, 4) is 0 Å². The van der Waals surface area contributed by atoms with Crippen LogP contribution in [0.2, 0.25) is 0 Å². The van der Waals surface area contributed by atoms with Crippen LogP contribution in [0.1, 0.15) is 11.8 Å². The van der Waals surface area contributed by atoms with Crippen molar-refractivity contribution in [3.05, 3.63) is 11.1 Å². The summed E-state index contributed by atoms with van der Waals surface area (Å²) in [4.78, 5) is 7.09. The smallest absolute Gasteiger partial charge is 0.180 e. The van der Waals surface area contributed by atoms with E-state index in [0.717, 1.165) is 11.4 Å². The number of thiazole rings is 1. The molecule has 0 radical (unpaired) electrons. The first kappa shape index (κ1) is 16.6. The van der Waals surface area contributed by atoms with Crippen LogP contribution < -0.4 is 5.73 Å². The van der Waals surface area contributed by atoms with Crippen molar-refractivity contribution in [2.75, 3.05) is 30.8 Å². The van der Waals surface area contributed by atoms with Gasteiger partial charge < -0.3 is 5.73 Å². The SMILES string of the molecule is CCN(CCS(C)(=O)=O)Cc1cnc(N)s1.Cl. The summed E-state index contributed by atoms with van der Waals surface area (Å²) >= 11 is 1.44. The Morgan fingerprint density at radius 3 is 2.59 bits per heavy atom. The van der Waals surface area contributed by atoms with Gasteiger partial charge >= 0.3 is 0 Å². The number of sulfone groups is 1. The van der Waals surface area contributed by atoms with E-state index >= 15 is 0 Å². The molecule has 0 fully saturated rings. The number of nitrogens with zero attached hydrogens (tertiary/aromatic N) is 2. The first-order valence-electron chi connectivity index (χ1n) is 5.01. The highest BCUT2D eigenvalue weighted by molar-refractivity contribution is 7.90. The van der Waals surface area contributed by atoms with E-state index in [-0.39, 0.29) is 18.2 Å². The molecule has 0 atom stereocenters. The third-order valence-corrected chi connectivity index (χ3v) is 3.91. The number of aromatic nitrogens is 1. The summed E-state index contributed by atoms with van der Waals surface area (Å²) in [7, 11) is -2.89. The van der Waals surface area contributed by atoms with E-state index in [4.69, 9.17) is 5.73 Å². The number of hydrogen-bond donors (Lipinski definition) is 1. The molecule has 0 aliphatic heterocycles. The lowest BCUT2D eigenvalue weighted by molar-refractivity contribution is 0.299. The van der Waals surface area contributed by atoms with Crippen LogP contribution in [0.5, 0.6) is 0 Å². The Balaban J connectivity index is 0.00000256. The largest absolute Gasteiger partial charge is 0.375 e. The van der Waals surface area contributed by atoms with Crippen molar-refractivity contribution in [2.45, 2.75) is 13.5 Å². The normalized spacial score (nSPS) is 11.5. The van der Waals surface area contributed by atoms with Crippen LogP contribution in [0.3, 0.4) is 0 Å². The molecule has 5 nitrogen and oxygen atoms in total. The third-order valence-electron chi connectivity index (χ3n) is 2.18. The topological polar surface area (TPSA) is 76.3 Å². The third kappa shape index (κ3) is 6.82. The number of halogens is 1. The predicted molar refractivity (Wildman–Crippen MR) is 74.4 cm³/mol. The van der Waals surface area contributed by atoms with E-state index in [1.54, 1.807) is 6.20 Å². The molecule has 1 heterocycles. The molecule has 8 heteroatoms. The van der Waals surface area contributed by atoms with Gasteiger partial charge in [0.05, 0.1) is 5.75 Å².